The Balaban J connectivity index is 2.00. The number of carboxylic acid groups (broad SMARTS) is 1. The SMILES string of the molecule is C[C@@H](Oc1ccc(/C=N\NC(=O)c2cc(Br)cc(Br)c2O)cc1)C(=O)O. The summed E-state index contributed by atoms with van der Waals surface area (Å²) in [7, 11) is 0. The highest BCUT2D eigenvalue weighted by Crippen LogP contribution is 2.31. The number of nitrogens with zero attached hydrogens (tertiary/aromatic N) is 1. The van der Waals surface area contributed by atoms with Crippen LogP contribution >= 0.6 is 31.9 Å². The van der Waals surface area contributed by atoms with Gasteiger partial charge in [-0.05, 0) is 64.8 Å². The minimum atomic E-state index is -1.05. The first-order valence-corrected chi connectivity index (χ1v) is 8.87. The second-order valence-electron chi connectivity index (χ2n) is 5.15. The predicted molar refractivity (Wildman–Crippen MR) is 103 cm³/mol. The molecule has 0 bridgehead atoms. The number of hydrazone groups is 1. The summed E-state index contributed by atoms with van der Waals surface area (Å²) >= 11 is 6.40. The van der Waals surface area contributed by atoms with Gasteiger partial charge >= 0.3 is 5.97 Å². The van der Waals surface area contributed by atoms with E-state index in [0.717, 1.165) is 0 Å². The number of phenolic OH excluding ortho intramolecular Hbond substituents is 1. The summed E-state index contributed by atoms with van der Waals surface area (Å²) in [5.74, 6) is -1.41. The van der Waals surface area contributed by atoms with Crippen molar-refractivity contribution < 1.29 is 24.5 Å². The number of rotatable bonds is 6. The Labute approximate surface area is 165 Å². The molecule has 7 nitrogen and oxygen atoms in total. The molecule has 0 radical (unpaired) electrons. The number of hydrogen-bond donors (Lipinski definition) is 3. The highest BCUT2D eigenvalue weighted by molar-refractivity contribution is 9.11. The van der Waals surface area contributed by atoms with Crippen molar-refractivity contribution in [3.05, 3.63) is 56.5 Å². The van der Waals surface area contributed by atoms with Crippen LogP contribution in [0.15, 0.2) is 50.4 Å². The average molecular weight is 486 g/mol. The van der Waals surface area contributed by atoms with E-state index in [1.54, 1.807) is 30.3 Å². The second kappa shape index (κ2) is 8.81. The molecule has 0 saturated heterocycles. The van der Waals surface area contributed by atoms with Gasteiger partial charge in [0.15, 0.2) is 6.10 Å². The molecule has 2 aromatic carbocycles. The molecule has 2 aromatic rings. The number of carbonyl (C=O) groups excluding carboxylic acids is 1. The Kier molecular flexibility index (Phi) is 6.76. The van der Waals surface area contributed by atoms with Gasteiger partial charge in [-0.3, -0.25) is 4.79 Å². The van der Waals surface area contributed by atoms with Crippen molar-refractivity contribution in [3.63, 3.8) is 0 Å². The normalized spacial score (nSPS) is 12.0. The number of aliphatic carboxylic acids is 1. The van der Waals surface area contributed by atoms with Gasteiger partial charge in [-0.15, -0.1) is 0 Å². The maximum absolute atomic E-state index is 12.1. The molecule has 0 aliphatic carbocycles. The van der Waals surface area contributed by atoms with Crippen LogP contribution < -0.4 is 10.2 Å². The monoisotopic (exact) mass is 484 g/mol. The fraction of sp³-hybridized carbons (Fsp3) is 0.118. The molecule has 1 amide bonds. The smallest absolute Gasteiger partial charge is 0.344 e. The minimum Gasteiger partial charge on any atom is -0.506 e. The van der Waals surface area contributed by atoms with E-state index < -0.39 is 18.0 Å². The first-order chi connectivity index (χ1) is 12.3. The van der Waals surface area contributed by atoms with E-state index in [0.29, 0.717) is 20.3 Å². The topological polar surface area (TPSA) is 108 Å². The number of halogens is 2. The summed E-state index contributed by atoms with van der Waals surface area (Å²) in [6.45, 7) is 1.43. The lowest BCUT2D eigenvalue weighted by Crippen LogP contribution is -2.22. The second-order valence-corrected chi connectivity index (χ2v) is 6.92. The molecule has 0 aliphatic rings. The Morgan fingerprint density at radius 3 is 2.50 bits per heavy atom. The van der Waals surface area contributed by atoms with Gasteiger partial charge in [0.2, 0.25) is 0 Å². The number of nitrogens with one attached hydrogen (secondary N) is 1. The number of aromatic hydroxyl groups is 1. The maximum atomic E-state index is 12.1. The lowest BCUT2D eigenvalue weighted by Gasteiger charge is -2.10. The van der Waals surface area contributed by atoms with Gasteiger partial charge < -0.3 is 14.9 Å². The van der Waals surface area contributed by atoms with Crippen LogP contribution in [0.5, 0.6) is 11.5 Å². The van der Waals surface area contributed by atoms with Crippen molar-refractivity contribution in [1.29, 1.82) is 0 Å². The lowest BCUT2D eigenvalue weighted by molar-refractivity contribution is -0.144. The molecule has 9 heteroatoms. The zero-order chi connectivity index (χ0) is 19.3. The molecule has 0 saturated carbocycles. The third-order valence-corrected chi connectivity index (χ3v) is 4.26. The Hall–Kier alpha value is -2.39. The third-order valence-electron chi connectivity index (χ3n) is 3.19. The molecule has 2 rings (SSSR count). The van der Waals surface area contributed by atoms with Gasteiger partial charge in [-0.25, -0.2) is 10.2 Å². The fourth-order valence-corrected chi connectivity index (χ4v) is 3.08. The first kappa shape index (κ1) is 19.9. The predicted octanol–water partition coefficient (Wildman–Crippen LogP) is 3.53. The van der Waals surface area contributed by atoms with Gasteiger partial charge in [0.05, 0.1) is 16.3 Å². The number of benzene rings is 2. The van der Waals surface area contributed by atoms with Crippen LogP contribution in [-0.4, -0.2) is 34.4 Å². The quantitative estimate of drug-likeness (QED) is 0.428. The van der Waals surface area contributed by atoms with Gasteiger partial charge in [-0.2, -0.15) is 5.10 Å². The first-order valence-electron chi connectivity index (χ1n) is 7.29. The van der Waals surface area contributed by atoms with E-state index in [4.69, 9.17) is 9.84 Å². The maximum Gasteiger partial charge on any atom is 0.344 e. The zero-order valence-corrected chi connectivity index (χ0v) is 16.6. The largest absolute Gasteiger partial charge is 0.506 e. The molecule has 0 unspecified atom stereocenters. The number of carbonyl (C=O) groups is 2. The van der Waals surface area contributed by atoms with Crippen LogP contribution in [0.25, 0.3) is 0 Å². The van der Waals surface area contributed by atoms with Crippen LogP contribution in [0, 0.1) is 0 Å². The summed E-state index contributed by atoms with van der Waals surface area (Å²) in [6.07, 6.45) is 0.456. The molecule has 0 spiro atoms. The van der Waals surface area contributed by atoms with Crippen molar-refractivity contribution in [2.45, 2.75) is 13.0 Å². The summed E-state index contributed by atoms with van der Waals surface area (Å²) in [4.78, 5) is 22.8. The van der Waals surface area contributed by atoms with Crippen molar-refractivity contribution in [1.82, 2.24) is 5.43 Å². The van der Waals surface area contributed by atoms with E-state index in [2.05, 4.69) is 42.4 Å². The van der Waals surface area contributed by atoms with E-state index in [1.165, 1.54) is 19.2 Å². The van der Waals surface area contributed by atoms with Gasteiger partial charge in [0, 0.05) is 4.47 Å². The van der Waals surface area contributed by atoms with Crippen molar-refractivity contribution in [3.8, 4) is 11.5 Å². The van der Waals surface area contributed by atoms with Crippen LogP contribution in [0.3, 0.4) is 0 Å². The standard InChI is InChI=1S/C17H14Br2N2O5/c1-9(17(24)25)26-12-4-2-10(3-5-12)8-20-21-16(23)13-6-11(18)7-14(19)15(13)22/h2-9,22H,1H3,(H,21,23)(H,24,25)/b20-8-/t9-/m1/s1. The molecular weight excluding hydrogens is 472 g/mol. The van der Waals surface area contributed by atoms with Gasteiger partial charge in [-0.1, -0.05) is 15.9 Å². The Morgan fingerprint density at radius 1 is 1.23 bits per heavy atom. The number of ether oxygens (including phenoxy) is 1. The average Bonchev–Trinajstić information content (AvgIpc) is 2.59. The molecule has 3 N–H and O–H groups in total. The number of hydrogen-bond acceptors (Lipinski definition) is 5. The van der Waals surface area contributed by atoms with Crippen molar-refractivity contribution in [2.75, 3.05) is 0 Å². The summed E-state index contributed by atoms with van der Waals surface area (Å²) in [6, 6.07) is 9.60. The molecular formula is C17H14Br2N2O5. The van der Waals surface area contributed by atoms with Crippen LogP contribution in [-0.2, 0) is 4.79 Å². The molecule has 0 aliphatic heterocycles. The zero-order valence-electron chi connectivity index (χ0n) is 13.4. The van der Waals surface area contributed by atoms with E-state index in [-0.39, 0.29) is 11.3 Å². The minimum absolute atomic E-state index is 0.0646. The number of amides is 1. The molecule has 0 fully saturated rings. The molecule has 136 valence electrons. The highest BCUT2D eigenvalue weighted by Gasteiger charge is 2.14. The number of phenols is 1. The number of carboxylic acids is 1. The Morgan fingerprint density at radius 2 is 1.88 bits per heavy atom. The molecule has 1 atom stereocenters. The lowest BCUT2D eigenvalue weighted by atomic mass is 10.2. The highest BCUT2D eigenvalue weighted by atomic mass is 79.9. The van der Waals surface area contributed by atoms with Gasteiger partial charge in [0.25, 0.3) is 5.91 Å². The van der Waals surface area contributed by atoms with Gasteiger partial charge in [0.1, 0.15) is 11.5 Å². The van der Waals surface area contributed by atoms with E-state index >= 15 is 0 Å². The van der Waals surface area contributed by atoms with Crippen molar-refractivity contribution >= 4 is 50.0 Å². The van der Waals surface area contributed by atoms with E-state index in [1.807, 2.05) is 0 Å². The van der Waals surface area contributed by atoms with E-state index in [9.17, 15) is 14.7 Å². The fourth-order valence-electron chi connectivity index (χ4n) is 1.85. The Bertz CT molecular complexity index is 853. The van der Waals surface area contributed by atoms with Crippen LogP contribution in [0.1, 0.15) is 22.8 Å². The summed E-state index contributed by atoms with van der Waals surface area (Å²) in [5.41, 5.74) is 3.06. The van der Waals surface area contributed by atoms with Crippen LogP contribution in [0.2, 0.25) is 0 Å². The molecule has 0 aromatic heterocycles. The summed E-state index contributed by atoms with van der Waals surface area (Å²) < 4.78 is 6.23. The molecule has 26 heavy (non-hydrogen) atoms. The molecule has 0 heterocycles. The van der Waals surface area contributed by atoms with Crippen LogP contribution in [0.4, 0.5) is 0 Å². The van der Waals surface area contributed by atoms with Crippen molar-refractivity contribution in [2.24, 2.45) is 5.10 Å². The third kappa shape index (κ3) is 5.30. The summed E-state index contributed by atoms with van der Waals surface area (Å²) in [5, 5.41) is 22.6.